The lowest BCUT2D eigenvalue weighted by Gasteiger charge is -2.36. The molecule has 0 aliphatic carbocycles. The van der Waals surface area contributed by atoms with Gasteiger partial charge in [-0.05, 0) is 37.5 Å². The van der Waals surface area contributed by atoms with E-state index in [2.05, 4.69) is 6.07 Å². The number of ether oxygens (including phenoxy) is 1. The fraction of sp³-hybridized carbons (Fsp3) is 0.316. The first kappa shape index (κ1) is 14.6. The van der Waals surface area contributed by atoms with Crippen molar-refractivity contribution in [2.45, 2.75) is 25.3 Å². The minimum atomic E-state index is 0.0950. The summed E-state index contributed by atoms with van der Waals surface area (Å²) < 4.78 is 5.49. The third kappa shape index (κ3) is 2.84. The normalized spacial score (nSPS) is 18.0. The van der Waals surface area contributed by atoms with E-state index in [1.807, 2.05) is 53.4 Å². The molecule has 3 nitrogen and oxygen atoms in total. The molecule has 1 heterocycles. The summed E-state index contributed by atoms with van der Waals surface area (Å²) in [6.07, 6.45) is 3.18. The minimum Gasteiger partial charge on any atom is -0.496 e. The first-order chi connectivity index (χ1) is 10.8. The summed E-state index contributed by atoms with van der Waals surface area (Å²) in [5.41, 5.74) is 1.86. The van der Waals surface area contributed by atoms with Crippen molar-refractivity contribution in [2.24, 2.45) is 0 Å². The van der Waals surface area contributed by atoms with Gasteiger partial charge in [-0.2, -0.15) is 0 Å². The van der Waals surface area contributed by atoms with Gasteiger partial charge in [-0.3, -0.25) is 4.79 Å². The zero-order valence-corrected chi connectivity index (χ0v) is 12.9. The smallest absolute Gasteiger partial charge is 0.254 e. The van der Waals surface area contributed by atoms with Crippen LogP contribution in [0.5, 0.6) is 5.75 Å². The summed E-state index contributed by atoms with van der Waals surface area (Å²) in [5, 5.41) is 0. The van der Waals surface area contributed by atoms with Gasteiger partial charge < -0.3 is 9.64 Å². The summed E-state index contributed by atoms with van der Waals surface area (Å²) in [4.78, 5) is 14.9. The van der Waals surface area contributed by atoms with E-state index in [1.165, 1.54) is 0 Å². The van der Waals surface area contributed by atoms with Crippen molar-refractivity contribution in [3.63, 3.8) is 0 Å². The minimum absolute atomic E-state index is 0.0950. The SMILES string of the molecule is COc1ccccc1[C@@H]1CCCCN1C(=O)c1ccccc1. The van der Waals surface area contributed by atoms with Crippen molar-refractivity contribution < 1.29 is 9.53 Å². The van der Waals surface area contributed by atoms with E-state index in [1.54, 1.807) is 7.11 Å². The predicted molar refractivity (Wildman–Crippen MR) is 87.1 cm³/mol. The number of methoxy groups -OCH3 is 1. The summed E-state index contributed by atoms with van der Waals surface area (Å²) in [5.74, 6) is 0.969. The van der Waals surface area contributed by atoms with Gasteiger partial charge in [-0.1, -0.05) is 36.4 Å². The number of rotatable bonds is 3. The van der Waals surface area contributed by atoms with E-state index < -0.39 is 0 Å². The molecule has 2 aromatic carbocycles. The molecule has 1 atom stereocenters. The summed E-state index contributed by atoms with van der Waals surface area (Å²) >= 11 is 0. The monoisotopic (exact) mass is 295 g/mol. The Morgan fingerprint density at radius 2 is 1.77 bits per heavy atom. The maximum absolute atomic E-state index is 12.9. The second-order valence-corrected chi connectivity index (χ2v) is 5.62. The molecule has 1 aliphatic rings. The maximum Gasteiger partial charge on any atom is 0.254 e. The average molecular weight is 295 g/mol. The molecular formula is C19H21NO2. The molecule has 3 heteroatoms. The Morgan fingerprint density at radius 1 is 1.05 bits per heavy atom. The lowest BCUT2D eigenvalue weighted by molar-refractivity contribution is 0.0608. The van der Waals surface area contributed by atoms with E-state index in [9.17, 15) is 4.79 Å². The van der Waals surface area contributed by atoms with Crippen LogP contribution >= 0.6 is 0 Å². The molecule has 0 saturated carbocycles. The zero-order valence-electron chi connectivity index (χ0n) is 12.9. The quantitative estimate of drug-likeness (QED) is 0.854. The van der Waals surface area contributed by atoms with Crippen LogP contribution in [-0.4, -0.2) is 24.5 Å². The molecule has 2 aromatic rings. The van der Waals surface area contributed by atoms with E-state index in [-0.39, 0.29) is 11.9 Å². The number of carbonyl (C=O) groups excluding carboxylic acids is 1. The van der Waals surface area contributed by atoms with E-state index in [4.69, 9.17) is 4.74 Å². The second-order valence-electron chi connectivity index (χ2n) is 5.62. The number of hydrogen-bond acceptors (Lipinski definition) is 2. The Balaban J connectivity index is 1.93. The zero-order chi connectivity index (χ0) is 15.4. The molecule has 0 bridgehead atoms. The summed E-state index contributed by atoms with van der Waals surface area (Å²) in [6, 6.07) is 17.6. The third-order valence-corrected chi connectivity index (χ3v) is 4.28. The number of likely N-dealkylation sites (tertiary alicyclic amines) is 1. The molecule has 1 aliphatic heterocycles. The van der Waals surface area contributed by atoms with Crippen molar-refractivity contribution in [1.29, 1.82) is 0 Å². The van der Waals surface area contributed by atoms with Crippen LogP contribution in [0, 0.1) is 0 Å². The molecule has 114 valence electrons. The van der Waals surface area contributed by atoms with E-state index in [0.717, 1.165) is 42.7 Å². The Hall–Kier alpha value is -2.29. The van der Waals surface area contributed by atoms with Gasteiger partial charge in [0.1, 0.15) is 5.75 Å². The third-order valence-electron chi connectivity index (χ3n) is 4.28. The number of benzene rings is 2. The van der Waals surface area contributed by atoms with Crippen LogP contribution in [0.3, 0.4) is 0 Å². The highest BCUT2D eigenvalue weighted by atomic mass is 16.5. The van der Waals surface area contributed by atoms with Gasteiger partial charge in [-0.15, -0.1) is 0 Å². The number of piperidine rings is 1. The van der Waals surface area contributed by atoms with Crippen molar-refractivity contribution in [2.75, 3.05) is 13.7 Å². The Morgan fingerprint density at radius 3 is 2.55 bits per heavy atom. The van der Waals surface area contributed by atoms with Gasteiger partial charge in [0.05, 0.1) is 13.2 Å². The Bertz CT molecular complexity index is 639. The van der Waals surface area contributed by atoms with Crippen molar-refractivity contribution in [3.8, 4) is 5.75 Å². The lowest BCUT2D eigenvalue weighted by atomic mass is 9.93. The molecular weight excluding hydrogens is 274 g/mol. The van der Waals surface area contributed by atoms with Crippen LogP contribution in [0.4, 0.5) is 0 Å². The van der Waals surface area contributed by atoms with Crippen LogP contribution < -0.4 is 4.74 Å². The molecule has 0 N–H and O–H groups in total. The molecule has 1 saturated heterocycles. The van der Waals surface area contributed by atoms with Crippen LogP contribution in [-0.2, 0) is 0 Å². The maximum atomic E-state index is 12.9. The number of nitrogens with zero attached hydrogens (tertiary/aromatic N) is 1. The van der Waals surface area contributed by atoms with Gasteiger partial charge in [-0.25, -0.2) is 0 Å². The first-order valence-corrected chi connectivity index (χ1v) is 7.80. The topological polar surface area (TPSA) is 29.5 Å². The predicted octanol–water partition coefficient (Wildman–Crippen LogP) is 4.06. The van der Waals surface area contributed by atoms with Crippen LogP contribution in [0.1, 0.15) is 41.2 Å². The Kier molecular flexibility index (Phi) is 4.42. The lowest BCUT2D eigenvalue weighted by Crippen LogP contribution is -2.38. The van der Waals surface area contributed by atoms with Gasteiger partial charge in [0.2, 0.25) is 0 Å². The fourth-order valence-corrected chi connectivity index (χ4v) is 3.19. The largest absolute Gasteiger partial charge is 0.496 e. The van der Waals surface area contributed by atoms with Gasteiger partial charge in [0, 0.05) is 17.7 Å². The van der Waals surface area contributed by atoms with Crippen LogP contribution in [0.2, 0.25) is 0 Å². The number of para-hydroxylation sites is 1. The van der Waals surface area contributed by atoms with Crippen LogP contribution in [0.25, 0.3) is 0 Å². The molecule has 0 aromatic heterocycles. The van der Waals surface area contributed by atoms with Gasteiger partial charge in [0.15, 0.2) is 0 Å². The molecule has 22 heavy (non-hydrogen) atoms. The van der Waals surface area contributed by atoms with Gasteiger partial charge >= 0.3 is 0 Å². The fourth-order valence-electron chi connectivity index (χ4n) is 3.19. The van der Waals surface area contributed by atoms with Crippen molar-refractivity contribution in [1.82, 2.24) is 4.90 Å². The van der Waals surface area contributed by atoms with Crippen LogP contribution in [0.15, 0.2) is 54.6 Å². The molecule has 0 spiro atoms. The van der Waals surface area contributed by atoms with Crippen molar-refractivity contribution in [3.05, 3.63) is 65.7 Å². The van der Waals surface area contributed by atoms with Gasteiger partial charge in [0.25, 0.3) is 5.91 Å². The average Bonchev–Trinajstić information content (AvgIpc) is 2.62. The van der Waals surface area contributed by atoms with E-state index in [0.29, 0.717) is 0 Å². The summed E-state index contributed by atoms with van der Waals surface area (Å²) in [6.45, 7) is 0.802. The molecule has 1 fully saturated rings. The molecule has 0 radical (unpaired) electrons. The summed E-state index contributed by atoms with van der Waals surface area (Å²) in [7, 11) is 1.69. The Labute approximate surface area is 131 Å². The highest BCUT2D eigenvalue weighted by molar-refractivity contribution is 5.94. The highest BCUT2D eigenvalue weighted by Gasteiger charge is 2.30. The second kappa shape index (κ2) is 6.65. The molecule has 3 rings (SSSR count). The standard InChI is InChI=1S/C19H21NO2/c1-22-18-13-6-5-11-16(18)17-12-7-8-14-20(17)19(21)15-9-3-2-4-10-15/h2-6,9-11,13,17H,7-8,12,14H2,1H3/t17-/m0/s1. The first-order valence-electron chi connectivity index (χ1n) is 7.80. The van der Waals surface area contributed by atoms with E-state index >= 15 is 0 Å². The molecule has 0 unspecified atom stereocenters. The highest BCUT2D eigenvalue weighted by Crippen LogP contribution is 2.36. The number of hydrogen-bond donors (Lipinski definition) is 0. The molecule has 1 amide bonds. The number of amides is 1. The number of carbonyl (C=O) groups is 1. The van der Waals surface area contributed by atoms with Crippen molar-refractivity contribution >= 4 is 5.91 Å².